The molecule has 1 aromatic heterocycles. The number of halogens is 2. The monoisotopic (exact) mass is 429 g/mol. The van der Waals surface area contributed by atoms with Crippen LogP contribution in [0.25, 0.3) is 11.1 Å². The molecular weight excluding hydrogens is 404 g/mol. The summed E-state index contributed by atoms with van der Waals surface area (Å²) in [6, 6.07) is 8.77. The lowest BCUT2D eigenvalue weighted by molar-refractivity contribution is 0.101. The largest absolute Gasteiger partial charge is 0.419 e. The van der Waals surface area contributed by atoms with Crippen molar-refractivity contribution in [1.29, 1.82) is 0 Å². The minimum absolute atomic E-state index is 0.0698. The van der Waals surface area contributed by atoms with Crippen LogP contribution in [0.5, 0.6) is 0 Å². The number of carbonyl (C=O) groups excluding carboxylic acids is 1. The minimum Gasteiger partial charge on any atom is -0.408 e. The highest BCUT2D eigenvalue weighted by molar-refractivity contribution is 5.96. The lowest BCUT2D eigenvalue weighted by Gasteiger charge is -2.36. The second-order valence-electron chi connectivity index (χ2n) is 7.89. The van der Waals surface area contributed by atoms with Crippen LogP contribution in [0.1, 0.15) is 30.1 Å². The summed E-state index contributed by atoms with van der Waals surface area (Å²) in [4.78, 5) is 27.9. The van der Waals surface area contributed by atoms with E-state index in [-0.39, 0.29) is 5.78 Å². The first kappa shape index (κ1) is 21.2. The number of oxazole rings is 1. The average molecular weight is 429 g/mol. The molecule has 8 heteroatoms. The third-order valence-electron chi connectivity index (χ3n) is 5.80. The number of benzene rings is 2. The molecular formula is C23H25F2N3O3. The molecule has 0 bridgehead atoms. The predicted molar refractivity (Wildman–Crippen MR) is 115 cm³/mol. The van der Waals surface area contributed by atoms with Gasteiger partial charge in [-0.2, -0.15) is 0 Å². The molecule has 0 amide bonds. The summed E-state index contributed by atoms with van der Waals surface area (Å²) in [5.74, 6) is -1.57. The molecule has 4 rings (SSSR count). The number of rotatable bonds is 7. The van der Waals surface area contributed by atoms with Gasteiger partial charge in [-0.1, -0.05) is 0 Å². The maximum atomic E-state index is 14.0. The summed E-state index contributed by atoms with van der Waals surface area (Å²) in [5, 5.41) is 0. The van der Waals surface area contributed by atoms with Crippen molar-refractivity contribution in [3.63, 3.8) is 0 Å². The lowest BCUT2D eigenvalue weighted by atomic mass is 10.1. The van der Waals surface area contributed by atoms with E-state index in [0.29, 0.717) is 42.0 Å². The highest BCUT2D eigenvalue weighted by Gasteiger charge is 2.19. The summed E-state index contributed by atoms with van der Waals surface area (Å²) >= 11 is 0. The Labute approximate surface area is 178 Å². The van der Waals surface area contributed by atoms with Gasteiger partial charge in [0, 0.05) is 44.4 Å². The predicted octanol–water partition coefficient (Wildman–Crippen LogP) is 3.68. The van der Waals surface area contributed by atoms with Crippen molar-refractivity contribution >= 4 is 22.6 Å². The van der Waals surface area contributed by atoms with E-state index in [9.17, 15) is 18.4 Å². The SMILES string of the molecule is CC(=O)c1ccc2c(c1)oc(=O)n2CCCCN1CCN(c2ccc(F)cc2F)CC1. The van der Waals surface area contributed by atoms with Crippen LogP contribution in [-0.4, -0.2) is 48.0 Å². The van der Waals surface area contributed by atoms with Gasteiger partial charge in [-0.05, 0) is 56.6 Å². The van der Waals surface area contributed by atoms with Gasteiger partial charge in [-0.25, -0.2) is 13.6 Å². The molecule has 0 unspecified atom stereocenters. The number of unbranched alkanes of at least 4 members (excludes halogenated alkanes) is 1. The van der Waals surface area contributed by atoms with E-state index in [1.807, 2.05) is 4.90 Å². The van der Waals surface area contributed by atoms with Crippen LogP contribution in [0.3, 0.4) is 0 Å². The number of carbonyl (C=O) groups is 1. The Balaban J connectivity index is 1.27. The molecule has 0 spiro atoms. The van der Waals surface area contributed by atoms with E-state index in [1.165, 1.54) is 19.1 Å². The standard InChI is InChI=1S/C23H25F2N3O3/c1-16(29)17-4-6-21-22(14-17)31-23(30)28(21)9-3-2-8-26-10-12-27(13-11-26)20-7-5-18(24)15-19(20)25/h4-7,14-15H,2-3,8-13H2,1H3. The third kappa shape index (κ3) is 4.69. The maximum absolute atomic E-state index is 14.0. The number of aryl methyl sites for hydroxylation is 1. The summed E-state index contributed by atoms with van der Waals surface area (Å²) in [5.41, 5.74) is 2.10. The minimum atomic E-state index is -0.566. The Morgan fingerprint density at radius 2 is 1.74 bits per heavy atom. The highest BCUT2D eigenvalue weighted by Crippen LogP contribution is 2.22. The van der Waals surface area contributed by atoms with E-state index in [1.54, 1.807) is 22.8 Å². The number of aromatic nitrogens is 1. The van der Waals surface area contributed by atoms with Gasteiger partial charge in [-0.15, -0.1) is 0 Å². The molecule has 1 aliphatic heterocycles. The number of ketones is 1. The first-order valence-electron chi connectivity index (χ1n) is 10.5. The zero-order valence-corrected chi connectivity index (χ0v) is 17.4. The molecule has 6 nitrogen and oxygen atoms in total. The van der Waals surface area contributed by atoms with Crippen LogP contribution in [-0.2, 0) is 6.54 Å². The average Bonchev–Trinajstić information content (AvgIpc) is 3.06. The van der Waals surface area contributed by atoms with Gasteiger partial charge < -0.3 is 9.32 Å². The smallest absolute Gasteiger partial charge is 0.408 e. The molecule has 31 heavy (non-hydrogen) atoms. The van der Waals surface area contributed by atoms with Gasteiger partial charge in [0.25, 0.3) is 0 Å². The molecule has 2 aromatic carbocycles. The van der Waals surface area contributed by atoms with E-state index < -0.39 is 17.4 Å². The Hall–Kier alpha value is -3.00. The Kier molecular flexibility index (Phi) is 6.18. The summed E-state index contributed by atoms with van der Waals surface area (Å²) < 4.78 is 34.0. The Morgan fingerprint density at radius 1 is 1.00 bits per heavy atom. The number of nitrogens with zero attached hydrogens (tertiary/aromatic N) is 3. The van der Waals surface area contributed by atoms with Crippen molar-refractivity contribution in [3.8, 4) is 0 Å². The van der Waals surface area contributed by atoms with Crippen molar-refractivity contribution < 1.29 is 18.0 Å². The lowest BCUT2D eigenvalue weighted by Crippen LogP contribution is -2.47. The van der Waals surface area contributed by atoms with Gasteiger partial charge in [0.1, 0.15) is 11.6 Å². The van der Waals surface area contributed by atoms with Crippen molar-refractivity contribution in [2.24, 2.45) is 0 Å². The Bertz CT molecular complexity index is 1150. The van der Waals surface area contributed by atoms with Gasteiger partial charge >= 0.3 is 5.76 Å². The van der Waals surface area contributed by atoms with Gasteiger partial charge in [-0.3, -0.25) is 14.3 Å². The first-order valence-corrected chi connectivity index (χ1v) is 10.5. The zero-order chi connectivity index (χ0) is 22.0. The van der Waals surface area contributed by atoms with E-state index >= 15 is 0 Å². The van der Waals surface area contributed by atoms with Crippen LogP contribution in [0.2, 0.25) is 0 Å². The molecule has 1 saturated heterocycles. The number of Topliss-reactive ketones (excluding diaryl/α,β-unsaturated/α-hetero) is 1. The fourth-order valence-electron chi connectivity index (χ4n) is 4.05. The topological polar surface area (TPSA) is 58.7 Å². The molecule has 0 saturated carbocycles. The molecule has 1 fully saturated rings. The zero-order valence-electron chi connectivity index (χ0n) is 17.4. The first-order chi connectivity index (χ1) is 14.9. The molecule has 1 aliphatic rings. The fraction of sp³-hybridized carbons (Fsp3) is 0.391. The number of hydrogen-bond donors (Lipinski definition) is 0. The van der Waals surface area contributed by atoms with Gasteiger partial charge in [0.15, 0.2) is 11.4 Å². The molecule has 0 aliphatic carbocycles. The molecule has 0 N–H and O–H groups in total. The van der Waals surface area contributed by atoms with Gasteiger partial charge in [0.05, 0.1) is 11.2 Å². The van der Waals surface area contributed by atoms with E-state index in [0.717, 1.165) is 38.5 Å². The molecule has 0 radical (unpaired) electrons. The second-order valence-corrected chi connectivity index (χ2v) is 7.89. The molecule has 0 atom stereocenters. The van der Waals surface area contributed by atoms with E-state index in [2.05, 4.69) is 4.90 Å². The van der Waals surface area contributed by atoms with Crippen LogP contribution >= 0.6 is 0 Å². The van der Waals surface area contributed by atoms with Crippen molar-refractivity contribution in [2.75, 3.05) is 37.6 Å². The number of hydrogen-bond acceptors (Lipinski definition) is 5. The van der Waals surface area contributed by atoms with Gasteiger partial charge in [0.2, 0.25) is 0 Å². The van der Waals surface area contributed by atoms with Crippen LogP contribution in [0.4, 0.5) is 14.5 Å². The van der Waals surface area contributed by atoms with Crippen LogP contribution in [0, 0.1) is 11.6 Å². The molecule has 2 heterocycles. The van der Waals surface area contributed by atoms with Crippen molar-refractivity contribution in [2.45, 2.75) is 26.3 Å². The quantitative estimate of drug-likeness (QED) is 0.424. The van der Waals surface area contributed by atoms with Crippen molar-refractivity contribution in [3.05, 3.63) is 64.1 Å². The molecule has 3 aromatic rings. The van der Waals surface area contributed by atoms with E-state index in [4.69, 9.17) is 4.42 Å². The van der Waals surface area contributed by atoms with Crippen LogP contribution in [0.15, 0.2) is 45.6 Å². The maximum Gasteiger partial charge on any atom is 0.419 e. The number of fused-ring (bicyclic) bond motifs is 1. The highest BCUT2D eigenvalue weighted by atomic mass is 19.1. The molecule has 164 valence electrons. The fourth-order valence-corrected chi connectivity index (χ4v) is 4.05. The van der Waals surface area contributed by atoms with Crippen LogP contribution < -0.4 is 10.7 Å². The Morgan fingerprint density at radius 3 is 2.45 bits per heavy atom. The number of piperazine rings is 1. The summed E-state index contributed by atoms with van der Waals surface area (Å²) in [7, 11) is 0. The third-order valence-corrected chi connectivity index (χ3v) is 5.80. The number of anilines is 1. The van der Waals surface area contributed by atoms with Crippen molar-refractivity contribution in [1.82, 2.24) is 9.47 Å². The summed E-state index contributed by atoms with van der Waals surface area (Å²) in [6.45, 7) is 5.90. The normalized spacial score (nSPS) is 15.0. The summed E-state index contributed by atoms with van der Waals surface area (Å²) in [6.07, 6.45) is 1.73. The second kappa shape index (κ2) is 9.01.